The van der Waals surface area contributed by atoms with E-state index in [1.165, 1.54) is 0 Å². The lowest BCUT2D eigenvalue weighted by atomic mass is 10.1. The number of rotatable bonds is 3. The zero-order chi connectivity index (χ0) is 13.9. The van der Waals surface area contributed by atoms with E-state index < -0.39 is 0 Å². The van der Waals surface area contributed by atoms with Gasteiger partial charge in [-0.15, -0.1) is 0 Å². The van der Waals surface area contributed by atoms with E-state index in [9.17, 15) is 4.79 Å². The molecule has 2 heterocycles. The molecule has 0 radical (unpaired) electrons. The summed E-state index contributed by atoms with van der Waals surface area (Å²) >= 11 is 0. The first-order chi connectivity index (χ1) is 9.74. The molecule has 0 fully saturated rings. The van der Waals surface area contributed by atoms with Crippen LogP contribution < -0.4 is 5.32 Å². The van der Waals surface area contributed by atoms with Crippen LogP contribution in [0.5, 0.6) is 0 Å². The maximum atomic E-state index is 12.1. The average Bonchev–Trinajstić information content (AvgIpc) is 2.85. The van der Waals surface area contributed by atoms with Crippen LogP contribution in [0.15, 0.2) is 42.7 Å². The Morgan fingerprint density at radius 1 is 1.30 bits per heavy atom. The Morgan fingerprint density at radius 3 is 3.00 bits per heavy atom. The summed E-state index contributed by atoms with van der Waals surface area (Å²) in [6.07, 6.45) is 3.61. The molecule has 0 aliphatic rings. The molecule has 3 rings (SSSR count). The van der Waals surface area contributed by atoms with Crippen LogP contribution in [0, 0.1) is 6.92 Å². The second-order valence-corrected chi connectivity index (χ2v) is 4.63. The van der Waals surface area contributed by atoms with E-state index in [-0.39, 0.29) is 12.3 Å². The quantitative estimate of drug-likeness (QED) is 0.765. The first-order valence-electron chi connectivity index (χ1n) is 6.36. The van der Waals surface area contributed by atoms with Gasteiger partial charge in [0.25, 0.3) is 0 Å². The number of nitrogens with one attached hydrogen (secondary N) is 2. The van der Waals surface area contributed by atoms with E-state index in [0.717, 1.165) is 27.8 Å². The van der Waals surface area contributed by atoms with Crippen LogP contribution in [0.2, 0.25) is 0 Å². The molecule has 5 nitrogen and oxygen atoms in total. The second kappa shape index (κ2) is 5.13. The zero-order valence-corrected chi connectivity index (χ0v) is 11.1. The minimum absolute atomic E-state index is 0.0875. The van der Waals surface area contributed by atoms with Gasteiger partial charge in [0.2, 0.25) is 5.91 Å². The van der Waals surface area contributed by atoms with E-state index in [4.69, 9.17) is 0 Å². The summed E-state index contributed by atoms with van der Waals surface area (Å²) in [5, 5.41) is 10.9. The number of fused-ring (bicyclic) bond motifs is 1. The van der Waals surface area contributed by atoms with E-state index in [0.29, 0.717) is 0 Å². The molecule has 0 saturated heterocycles. The highest BCUT2D eigenvalue weighted by Gasteiger charge is 2.10. The molecule has 2 N–H and O–H groups in total. The van der Waals surface area contributed by atoms with Gasteiger partial charge in [-0.1, -0.05) is 18.2 Å². The van der Waals surface area contributed by atoms with E-state index in [1.807, 2.05) is 37.3 Å². The summed E-state index contributed by atoms with van der Waals surface area (Å²) in [5.74, 6) is -0.0875. The smallest absolute Gasteiger partial charge is 0.230 e. The molecular formula is C15H14N4O. The van der Waals surface area contributed by atoms with Crippen molar-refractivity contribution in [1.29, 1.82) is 0 Å². The lowest BCUT2D eigenvalue weighted by Gasteiger charge is -2.06. The fraction of sp³-hybridized carbons (Fsp3) is 0.133. The van der Waals surface area contributed by atoms with Crippen molar-refractivity contribution in [3.8, 4) is 0 Å². The molecule has 2 aromatic heterocycles. The Balaban J connectivity index is 1.78. The molecule has 0 spiro atoms. The van der Waals surface area contributed by atoms with Crippen molar-refractivity contribution in [2.24, 2.45) is 0 Å². The molecule has 0 saturated carbocycles. The molecule has 0 aliphatic heterocycles. The first-order valence-corrected chi connectivity index (χ1v) is 6.36. The Bertz CT molecular complexity index is 763. The normalized spacial score (nSPS) is 10.7. The summed E-state index contributed by atoms with van der Waals surface area (Å²) in [6.45, 7) is 1.93. The van der Waals surface area contributed by atoms with Gasteiger partial charge in [-0.2, -0.15) is 5.10 Å². The van der Waals surface area contributed by atoms with Crippen molar-refractivity contribution in [2.75, 3.05) is 5.32 Å². The van der Waals surface area contributed by atoms with Gasteiger partial charge < -0.3 is 5.32 Å². The van der Waals surface area contributed by atoms with Crippen LogP contribution in [-0.2, 0) is 11.2 Å². The van der Waals surface area contributed by atoms with E-state index in [1.54, 1.807) is 12.4 Å². The molecule has 100 valence electrons. The maximum absolute atomic E-state index is 12.1. The van der Waals surface area contributed by atoms with Gasteiger partial charge in [-0.25, -0.2) is 0 Å². The molecule has 0 aliphatic carbocycles. The second-order valence-electron chi connectivity index (χ2n) is 4.63. The highest BCUT2D eigenvalue weighted by atomic mass is 16.1. The fourth-order valence-corrected chi connectivity index (χ4v) is 2.10. The van der Waals surface area contributed by atoms with Gasteiger partial charge in [-0.05, 0) is 24.6 Å². The van der Waals surface area contributed by atoms with Crippen molar-refractivity contribution < 1.29 is 4.79 Å². The fourth-order valence-electron chi connectivity index (χ4n) is 2.10. The minimum atomic E-state index is -0.0875. The van der Waals surface area contributed by atoms with Crippen LogP contribution >= 0.6 is 0 Å². The predicted molar refractivity (Wildman–Crippen MR) is 77.4 cm³/mol. The Hall–Kier alpha value is -2.69. The molecular weight excluding hydrogens is 252 g/mol. The van der Waals surface area contributed by atoms with Crippen LogP contribution in [0.3, 0.4) is 0 Å². The highest BCUT2D eigenvalue weighted by molar-refractivity contribution is 5.95. The standard InChI is InChI=1S/C15H14N4O/c1-10-6-7-16-9-14(10)17-15(20)8-13-11-4-2-3-5-12(11)18-19-13/h2-7,9H,8H2,1H3,(H,17,20)(H,18,19). The highest BCUT2D eigenvalue weighted by Crippen LogP contribution is 2.17. The number of nitrogens with zero attached hydrogens (tertiary/aromatic N) is 2. The molecule has 1 aromatic carbocycles. The number of para-hydroxylation sites is 1. The van der Waals surface area contributed by atoms with Gasteiger partial charge >= 0.3 is 0 Å². The number of carbonyl (C=O) groups excluding carboxylic acids is 1. The molecule has 5 heteroatoms. The largest absolute Gasteiger partial charge is 0.324 e. The SMILES string of the molecule is Cc1ccncc1NC(=O)Cc1[nH]nc2ccccc12. The molecule has 0 bridgehead atoms. The van der Waals surface area contributed by atoms with Crippen molar-refractivity contribution in [2.45, 2.75) is 13.3 Å². The average molecular weight is 266 g/mol. The Labute approximate surface area is 116 Å². The third-order valence-electron chi connectivity index (χ3n) is 3.19. The Morgan fingerprint density at radius 2 is 2.15 bits per heavy atom. The molecule has 1 amide bonds. The van der Waals surface area contributed by atoms with Crippen LogP contribution in [-0.4, -0.2) is 21.1 Å². The number of H-pyrrole nitrogens is 1. The van der Waals surface area contributed by atoms with Crippen LogP contribution in [0.4, 0.5) is 5.69 Å². The number of carbonyl (C=O) groups is 1. The van der Waals surface area contributed by atoms with Crippen LogP contribution in [0.1, 0.15) is 11.3 Å². The monoisotopic (exact) mass is 266 g/mol. The number of amides is 1. The maximum Gasteiger partial charge on any atom is 0.230 e. The third kappa shape index (κ3) is 2.38. The number of aryl methyl sites for hydroxylation is 1. The van der Waals surface area contributed by atoms with Gasteiger partial charge in [0.1, 0.15) is 0 Å². The van der Waals surface area contributed by atoms with E-state index >= 15 is 0 Å². The summed E-state index contributed by atoms with van der Waals surface area (Å²) in [4.78, 5) is 16.1. The van der Waals surface area contributed by atoms with Crippen LogP contribution in [0.25, 0.3) is 10.9 Å². The summed E-state index contributed by atoms with van der Waals surface area (Å²) in [5.41, 5.74) is 3.41. The van der Waals surface area contributed by atoms with Crippen molar-refractivity contribution in [3.63, 3.8) is 0 Å². The topological polar surface area (TPSA) is 70.7 Å². The number of pyridine rings is 1. The minimum Gasteiger partial charge on any atom is -0.324 e. The lowest BCUT2D eigenvalue weighted by Crippen LogP contribution is -2.15. The third-order valence-corrected chi connectivity index (χ3v) is 3.19. The lowest BCUT2D eigenvalue weighted by molar-refractivity contribution is -0.115. The molecule has 0 atom stereocenters. The number of aromatic amines is 1. The van der Waals surface area contributed by atoms with Gasteiger partial charge in [0, 0.05) is 11.6 Å². The predicted octanol–water partition coefficient (Wildman–Crippen LogP) is 2.45. The number of anilines is 1. The van der Waals surface area contributed by atoms with E-state index in [2.05, 4.69) is 20.5 Å². The Kier molecular flexibility index (Phi) is 3.16. The molecule has 0 unspecified atom stereocenters. The number of hydrogen-bond acceptors (Lipinski definition) is 3. The summed E-state index contributed by atoms with van der Waals surface area (Å²) in [6, 6.07) is 9.59. The molecule has 20 heavy (non-hydrogen) atoms. The van der Waals surface area contributed by atoms with Gasteiger partial charge in [0.15, 0.2) is 0 Å². The number of hydrogen-bond donors (Lipinski definition) is 2. The zero-order valence-electron chi connectivity index (χ0n) is 11.1. The van der Waals surface area contributed by atoms with Gasteiger partial charge in [0.05, 0.1) is 29.5 Å². The number of benzene rings is 1. The van der Waals surface area contributed by atoms with Gasteiger partial charge in [-0.3, -0.25) is 14.9 Å². The number of aromatic nitrogens is 3. The summed E-state index contributed by atoms with van der Waals surface area (Å²) < 4.78 is 0. The molecule has 3 aromatic rings. The first kappa shape index (κ1) is 12.3. The van der Waals surface area contributed by atoms with Crippen molar-refractivity contribution >= 4 is 22.5 Å². The van der Waals surface area contributed by atoms with Crippen molar-refractivity contribution in [1.82, 2.24) is 15.2 Å². The summed E-state index contributed by atoms with van der Waals surface area (Å²) in [7, 11) is 0. The van der Waals surface area contributed by atoms with Crippen molar-refractivity contribution in [3.05, 3.63) is 54.0 Å².